The van der Waals surface area contributed by atoms with Crippen molar-refractivity contribution in [3.63, 3.8) is 0 Å². The summed E-state index contributed by atoms with van der Waals surface area (Å²) >= 11 is 12.0. The van der Waals surface area contributed by atoms with Crippen LogP contribution >= 0.6 is 23.2 Å². The zero-order valence-corrected chi connectivity index (χ0v) is 15.9. The molecule has 0 radical (unpaired) electrons. The molecule has 0 fully saturated rings. The first-order valence-electron chi connectivity index (χ1n) is 7.89. The van der Waals surface area contributed by atoms with Gasteiger partial charge in [0.2, 0.25) is 11.8 Å². The van der Waals surface area contributed by atoms with Crippen molar-refractivity contribution in [3.8, 4) is 0 Å². The average molecular weight is 379 g/mol. The molecule has 2 aromatic rings. The molecule has 0 saturated carbocycles. The molecule has 0 aromatic heterocycles. The fraction of sp³-hybridized carbons (Fsp3) is 0.263. The minimum Gasteiger partial charge on any atom is -0.325 e. The second-order valence-electron chi connectivity index (χ2n) is 5.86. The van der Waals surface area contributed by atoms with E-state index in [1.807, 2.05) is 32.0 Å². The number of carbonyl (C=O) groups is 2. The van der Waals surface area contributed by atoms with E-state index in [1.165, 1.54) is 6.92 Å². The van der Waals surface area contributed by atoms with Gasteiger partial charge in [-0.2, -0.15) is 0 Å². The SMILES string of the molecule is CC(=O)N(CCC(=O)Nc1cccc(Cl)c1Cl)c1cc(C)ccc1C. The predicted octanol–water partition coefficient (Wildman–Crippen LogP) is 4.99. The number of carbonyl (C=O) groups excluding carboxylic acids is 2. The van der Waals surface area contributed by atoms with E-state index in [1.54, 1.807) is 23.1 Å². The molecular formula is C19H20Cl2N2O2. The van der Waals surface area contributed by atoms with Crippen molar-refractivity contribution >= 4 is 46.4 Å². The number of hydrogen-bond acceptors (Lipinski definition) is 2. The van der Waals surface area contributed by atoms with E-state index in [2.05, 4.69) is 5.32 Å². The lowest BCUT2D eigenvalue weighted by molar-refractivity contribution is -0.117. The molecule has 2 amide bonds. The van der Waals surface area contributed by atoms with Gasteiger partial charge >= 0.3 is 0 Å². The summed E-state index contributed by atoms with van der Waals surface area (Å²) in [5.74, 6) is -0.344. The van der Waals surface area contributed by atoms with Crippen LogP contribution in [0.2, 0.25) is 10.0 Å². The number of halogens is 2. The summed E-state index contributed by atoms with van der Waals surface area (Å²) in [6.07, 6.45) is 0.149. The normalized spacial score (nSPS) is 10.4. The second-order valence-corrected chi connectivity index (χ2v) is 6.65. The third kappa shape index (κ3) is 4.97. The first-order chi connectivity index (χ1) is 11.8. The molecule has 25 heavy (non-hydrogen) atoms. The van der Waals surface area contributed by atoms with Crippen molar-refractivity contribution in [3.05, 3.63) is 57.6 Å². The largest absolute Gasteiger partial charge is 0.325 e. The molecule has 0 aliphatic carbocycles. The predicted molar refractivity (Wildman–Crippen MR) is 104 cm³/mol. The van der Waals surface area contributed by atoms with Crippen molar-refractivity contribution in [2.24, 2.45) is 0 Å². The van der Waals surface area contributed by atoms with Gasteiger partial charge in [0.15, 0.2) is 0 Å². The first kappa shape index (κ1) is 19.3. The molecule has 132 valence electrons. The molecule has 2 rings (SSSR count). The fourth-order valence-electron chi connectivity index (χ4n) is 2.48. The summed E-state index contributed by atoms with van der Waals surface area (Å²) in [6.45, 7) is 5.68. The summed E-state index contributed by atoms with van der Waals surface area (Å²) < 4.78 is 0. The van der Waals surface area contributed by atoms with Crippen LogP contribution < -0.4 is 10.2 Å². The third-order valence-electron chi connectivity index (χ3n) is 3.82. The van der Waals surface area contributed by atoms with Crippen molar-refractivity contribution < 1.29 is 9.59 Å². The lowest BCUT2D eigenvalue weighted by Gasteiger charge is -2.23. The quantitative estimate of drug-likeness (QED) is 0.796. The van der Waals surface area contributed by atoms with Gasteiger partial charge in [-0.15, -0.1) is 0 Å². The van der Waals surface area contributed by atoms with Crippen LogP contribution in [0.5, 0.6) is 0 Å². The van der Waals surface area contributed by atoms with Crippen LogP contribution in [0, 0.1) is 13.8 Å². The fourth-order valence-corrected chi connectivity index (χ4v) is 2.83. The Bertz CT molecular complexity index is 806. The molecule has 6 heteroatoms. The van der Waals surface area contributed by atoms with Crippen LogP contribution in [0.4, 0.5) is 11.4 Å². The van der Waals surface area contributed by atoms with E-state index in [-0.39, 0.29) is 24.8 Å². The highest BCUT2D eigenvalue weighted by molar-refractivity contribution is 6.43. The summed E-state index contributed by atoms with van der Waals surface area (Å²) in [5.41, 5.74) is 3.32. The Morgan fingerprint density at radius 2 is 1.84 bits per heavy atom. The van der Waals surface area contributed by atoms with Gasteiger partial charge in [-0.05, 0) is 43.2 Å². The molecule has 0 spiro atoms. The summed E-state index contributed by atoms with van der Waals surface area (Å²) in [4.78, 5) is 25.9. The van der Waals surface area contributed by atoms with Crippen molar-refractivity contribution in [1.29, 1.82) is 0 Å². The highest BCUT2D eigenvalue weighted by Gasteiger charge is 2.16. The van der Waals surface area contributed by atoms with Crippen molar-refractivity contribution in [2.75, 3.05) is 16.8 Å². The molecule has 0 atom stereocenters. The highest BCUT2D eigenvalue weighted by Crippen LogP contribution is 2.29. The molecule has 0 aliphatic heterocycles. The van der Waals surface area contributed by atoms with Crippen molar-refractivity contribution in [2.45, 2.75) is 27.2 Å². The zero-order chi connectivity index (χ0) is 18.6. The topological polar surface area (TPSA) is 49.4 Å². The van der Waals surface area contributed by atoms with Gasteiger partial charge in [-0.3, -0.25) is 9.59 Å². The van der Waals surface area contributed by atoms with Crippen LogP contribution in [0.3, 0.4) is 0 Å². The van der Waals surface area contributed by atoms with Gasteiger partial charge in [0.1, 0.15) is 0 Å². The second kappa shape index (κ2) is 8.37. The number of rotatable bonds is 5. The Morgan fingerprint density at radius 1 is 1.12 bits per heavy atom. The molecule has 0 saturated heterocycles. The number of nitrogens with zero attached hydrogens (tertiary/aromatic N) is 1. The number of hydrogen-bond donors (Lipinski definition) is 1. The van der Waals surface area contributed by atoms with Gasteiger partial charge < -0.3 is 10.2 Å². The summed E-state index contributed by atoms with van der Waals surface area (Å²) in [6, 6.07) is 10.9. The zero-order valence-electron chi connectivity index (χ0n) is 14.4. The minimum absolute atomic E-state index is 0.109. The van der Waals surface area contributed by atoms with Crippen LogP contribution in [0.1, 0.15) is 24.5 Å². The number of benzene rings is 2. The van der Waals surface area contributed by atoms with Gasteiger partial charge in [0, 0.05) is 25.6 Å². The summed E-state index contributed by atoms with van der Waals surface area (Å²) in [5, 5.41) is 3.41. The first-order valence-corrected chi connectivity index (χ1v) is 8.64. The Hall–Kier alpha value is -2.04. The minimum atomic E-state index is -0.235. The van der Waals surface area contributed by atoms with E-state index in [9.17, 15) is 9.59 Å². The lowest BCUT2D eigenvalue weighted by atomic mass is 10.1. The number of amides is 2. The maximum absolute atomic E-state index is 12.2. The molecule has 1 N–H and O–H groups in total. The average Bonchev–Trinajstić information content (AvgIpc) is 2.55. The Balaban J connectivity index is 2.08. The smallest absolute Gasteiger partial charge is 0.226 e. The molecule has 0 heterocycles. The third-order valence-corrected chi connectivity index (χ3v) is 4.64. The van der Waals surface area contributed by atoms with Crippen molar-refractivity contribution in [1.82, 2.24) is 0 Å². The number of anilines is 2. The van der Waals surface area contributed by atoms with E-state index in [0.717, 1.165) is 16.8 Å². The Morgan fingerprint density at radius 3 is 2.52 bits per heavy atom. The maximum Gasteiger partial charge on any atom is 0.226 e. The molecule has 0 unspecified atom stereocenters. The number of nitrogens with one attached hydrogen (secondary N) is 1. The van der Waals surface area contributed by atoms with Crippen LogP contribution in [0.15, 0.2) is 36.4 Å². The standard InChI is InChI=1S/C19H20Cl2N2O2/c1-12-7-8-13(2)17(11-12)23(14(3)24)10-9-18(25)22-16-6-4-5-15(20)19(16)21/h4-8,11H,9-10H2,1-3H3,(H,22,25). The van der Waals surface area contributed by atoms with Gasteiger partial charge in [0.05, 0.1) is 15.7 Å². The molecule has 4 nitrogen and oxygen atoms in total. The van der Waals surface area contributed by atoms with E-state index < -0.39 is 0 Å². The van der Waals surface area contributed by atoms with Gasteiger partial charge in [0.25, 0.3) is 0 Å². The van der Waals surface area contributed by atoms with E-state index in [4.69, 9.17) is 23.2 Å². The van der Waals surface area contributed by atoms with Crippen LogP contribution in [0.25, 0.3) is 0 Å². The Kier molecular flexibility index (Phi) is 6.45. The Labute approximate surface area is 157 Å². The highest BCUT2D eigenvalue weighted by atomic mass is 35.5. The van der Waals surface area contributed by atoms with Crippen LogP contribution in [-0.2, 0) is 9.59 Å². The van der Waals surface area contributed by atoms with Crippen LogP contribution in [-0.4, -0.2) is 18.4 Å². The monoisotopic (exact) mass is 378 g/mol. The number of aryl methyl sites for hydroxylation is 2. The lowest BCUT2D eigenvalue weighted by Crippen LogP contribution is -2.32. The molecular weight excluding hydrogens is 359 g/mol. The molecule has 2 aromatic carbocycles. The summed E-state index contributed by atoms with van der Waals surface area (Å²) in [7, 11) is 0. The maximum atomic E-state index is 12.2. The van der Waals surface area contributed by atoms with Gasteiger partial charge in [-0.25, -0.2) is 0 Å². The van der Waals surface area contributed by atoms with E-state index in [0.29, 0.717) is 15.7 Å². The molecule has 0 aliphatic rings. The van der Waals surface area contributed by atoms with Gasteiger partial charge in [-0.1, -0.05) is 41.4 Å². The van der Waals surface area contributed by atoms with E-state index >= 15 is 0 Å². The molecule has 0 bridgehead atoms.